The standard InChI is InChI=1S/C24H21F3N2O2/c25-24(26,27)17-9-6-10-18(15-17)28-23(30)22(16-7-2-1-3-8-16)29-20-13-14-31-21-12-5-4-11-19(20)21/h1-12,15,20,22,29H,13-14H2,(H,28,30). The van der Waals surface area contributed by atoms with E-state index < -0.39 is 23.7 Å². The van der Waals surface area contributed by atoms with Gasteiger partial charge in [-0.25, -0.2) is 0 Å². The van der Waals surface area contributed by atoms with Crippen molar-refractivity contribution in [2.75, 3.05) is 11.9 Å². The van der Waals surface area contributed by atoms with Crippen molar-refractivity contribution in [1.82, 2.24) is 5.32 Å². The van der Waals surface area contributed by atoms with Crippen LogP contribution in [0.4, 0.5) is 18.9 Å². The molecule has 3 aromatic rings. The van der Waals surface area contributed by atoms with Crippen LogP contribution in [-0.2, 0) is 11.0 Å². The summed E-state index contributed by atoms with van der Waals surface area (Å²) >= 11 is 0. The van der Waals surface area contributed by atoms with Gasteiger partial charge in [-0.1, -0.05) is 54.6 Å². The van der Waals surface area contributed by atoms with Gasteiger partial charge in [0.25, 0.3) is 0 Å². The maximum absolute atomic E-state index is 13.2. The summed E-state index contributed by atoms with van der Waals surface area (Å²) in [6, 6.07) is 20.5. The average molecular weight is 426 g/mol. The Balaban J connectivity index is 1.60. The quantitative estimate of drug-likeness (QED) is 0.567. The van der Waals surface area contributed by atoms with Crippen LogP contribution < -0.4 is 15.4 Å². The molecule has 2 N–H and O–H groups in total. The number of amides is 1. The fourth-order valence-corrected chi connectivity index (χ4v) is 3.67. The highest BCUT2D eigenvalue weighted by Gasteiger charge is 2.31. The molecule has 0 bridgehead atoms. The first-order valence-electron chi connectivity index (χ1n) is 9.92. The van der Waals surface area contributed by atoms with Gasteiger partial charge < -0.3 is 10.1 Å². The molecule has 2 unspecified atom stereocenters. The molecule has 4 nitrogen and oxygen atoms in total. The third-order valence-corrected chi connectivity index (χ3v) is 5.18. The van der Waals surface area contributed by atoms with Crippen LogP contribution in [-0.4, -0.2) is 12.5 Å². The molecular weight excluding hydrogens is 405 g/mol. The Hall–Kier alpha value is -3.32. The summed E-state index contributed by atoms with van der Waals surface area (Å²) in [4.78, 5) is 13.2. The van der Waals surface area contributed by atoms with Crippen LogP contribution in [0.1, 0.15) is 35.2 Å². The smallest absolute Gasteiger partial charge is 0.416 e. The van der Waals surface area contributed by atoms with Crippen molar-refractivity contribution < 1.29 is 22.7 Å². The summed E-state index contributed by atoms with van der Waals surface area (Å²) in [6.07, 6.45) is -3.82. The number of para-hydroxylation sites is 1. The fourth-order valence-electron chi connectivity index (χ4n) is 3.67. The van der Waals surface area contributed by atoms with Crippen LogP contribution in [0.5, 0.6) is 5.75 Å². The lowest BCUT2D eigenvalue weighted by Crippen LogP contribution is -2.37. The van der Waals surface area contributed by atoms with Crippen LogP contribution >= 0.6 is 0 Å². The molecule has 0 saturated heterocycles. The number of anilines is 1. The summed E-state index contributed by atoms with van der Waals surface area (Å²) < 4.78 is 44.8. The fraction of sp³-hybridized carbons (Fsp3) is 0.208. The van der Waals surface area contributed by atoms with Gasteiger partial charge in [-0.2, -0.15) is 13.2 Å². The number of carbonyl (C=O) groups is 1. The van der Waals surface area contributed by atoms with E-state index in [4.69, 9.17) is 4.74 Å². The van der Waals surface area contributed by atoms with E-state index in [9.17, 15) is 18.0 Å². The predicted octanol–water partition coefficient (Wildman–Crippen LogP) is 5.50. The molecular formula is C24H21F3N2O2. The number of benzene rings is 3. The molecule has 0 aromatic heterocycles. The van der Waals surface area contributed by atoms with E-state index in [0.29, 0.717) is 13.0 Å². The summed E-state index contributed by atoms with van der Waals surface area (Å²) in [7, 11) is 0. The zero-order chi connectivity index (χ0) is 21.8. The van der Waals surface area contributed by atoms with Gasteiger partial charge in [-0.05, 0) is 29.8 Å². The SMILES string of the molecule is O=C(Nc1cccc(C(F)(F)F)c1)C(NC1CCOc2ccccc21)c1ccccc1. The van der Waals surface area contributed by atoms with Crippen molar-refractivity contribution in [3.8, 4) is 5.75 Å². The van der Waals surface area contributed by atoms with Gasteiger partial charge in [-0.15, -0.1) is 0 Å². The van der Waals surface area contributed by atoms with Crippen molar-refractivity contribution in [3.63, 3.8) is 0 Å². The van der Waals surface area contributed by atoms with Crippen LogP contribution in [0, 0.1) is 0 Å². The zero-order valence-corrected chi connectivity index (χ0v) is 16.5. The van der Waals surface area contributed by atoms with Gasteiger partial charge in [0.2, 0.25) is 5.91 Å². The van der Waals surface area contributed by atoms with Gasteiger partial charge in [0.15, 0.2) is 0 Å². The number of hydrogen-bond donors (Lipinski definition) is 2. The second-order valence-corrected chi connectivity index (χ2v) is 7.31. The van der Waals surface area contributed by atoms with Crippen molar-refractivity contribution >= 4 is 11.6 Å². The topological polar surface area (TPSA) is 50.4 Å². The predicted molar refractivity (Wildman–Crippen MR) is 112 cm³/mol. The molecule has 7 heteroatoms. The Morgan fingerprint density at radius 3 is 2.48 bits per heavy atom. The Morgan fingerprint density at radius 1 is 0.968 bits per heavy atom. The van der Waals surface area contributed by atoms with Crippen molar-refractivity contribution in [2.24, 2.45) is 0 Å². The lowest BCUT2D eigenvalue weighted by atomic mass is 9.97. The van der Waals surface area contributed by atoms with E-state index >= 15 is 0 Å². The number of fused-ring (bicyclic) bond motifs is 1. The average Bonchev–Trinajstić information content (AvgIpc) is 2.77. The van der Waals surface area contributed by atoms with E-state index in [1.165, 1.54) is 12.1 Å². The molecule has 0 aliphatic carbocycles. The maximum atomic E-state index is 13.2. The Labute approximate surface area is 178 Å². The number of rotatable bonds is 5. The first-order valence-corrected chi connectivity index (χ1v) is 9.92. The van der Waals surface area contributed by atoms with Gasteiger partial charge in [0.1, 0.15) is 11.8 Å². The Morgan fingerprint density at radius 2 is 1.71 bits per heavy atom. The molecule has 160 valence electrons. The number of halogens is 3. The van der Waals surface area contributed by atoms with E-state index in [0.717, 1.165) is 29.0 Å². The number of alkyl halides is 3. The van der Waals surface area contributed by atoms with Gasteiger partial charge in [0.05, 0.1) is 12.2 Å². The molecule has 2 atom stereocenters. The Kier molecular flexibility index (Phi) is 5.95. The largest absolute Gasteiger partial charge is 0.493 e. The van der Waals surface area contributed by atoms with Crippen LogP contribution in [0.15, 0.2) is 78.9 Å². The molecule has 1 aliphatic rings. The Bertz CT molecular complexity index is 1050. The number of nitrogens with one attached hydrogen (secondary N) is 2. The normalized spacial score (nSPS) is 16.7. The minimum absolute atomic E-state index is 0.0925. The highest BCUT2D eigenvalue weighted by molar-refractivity contribution is 5.95. The second kappa shape index (κ2) is 8.81. The van der Waals surface area contributed by atoms with E-state index in [1.807, 2.05) is 54.6 Å². The van der Waals surface area contributed by atoms with Crippen LogP contribution in [0.2, 0.25) is 0 Å². The van der Waals surface area contributed by atoms with Gasteiger partial charge >= 0.3 is 6.18 Å². The summed E-state index contributed by atoms with van der Waals surface area (Å²) in [6.45, 7) is 0.505. The van der Waals surface area contributed by atoms with Crippen LogP contribution in [0.3, 0.4) is 0 Å². The van der Waals surface area contributed by atoms with Crippen LogP contribution in [0.25, 0.3) is 0 Å². The first kappa shape index (κ1) is 20.9. The monoisotopic (exact) mass is 426 g/mol. The van der Waals surface area contributed by atoms with E-state index in [2.05, 4.69) is 10.6 Å². The number of carbonyl (C=O) groups excluding carboxylic acids is 1. The van der Waals surface area contributed by atoms with Crippen molar-refractivity contribution in [3.05, 3.63) is 95.6 Å². The minimum Gasteiger partial charge on any atom is -0.493 e. The molecule has 1 amide bonds. The molecule has 3 aromatic carbocycles. The molecule has 0 radical (unpaired) electrons. The third-order valence-electron chi connectivity index (χ3n) is 5.18. The first-order chi connectivity index (χ1) is 14.9. The minimum atomic E-state index is -4.48. The molecule has 0 saturated carbocycles. The van der Waals surface area contributed by atoms with Crippen molar-refractivity contribution in [2.45, 2.75) is 24.7 Å². The summed E-state index contributed by atoms with van der Waals surface area (Å²) in [5, 5.41) is 6.01. The lowest BCUT2D eigenvalue weighted by molar-refractivity contribution is -0.137. The summed E-state index contributed by atoms with van der Waals surface area (Å²) in [5.74, 6) is 0.325. The van der Waals surface area contributed by atoms with Gasteiger partial charge in [-0.3, -0.25) is 10.1 Å². The lowest BCUT2D eigenvalue weighted by Gasteiger charge is -2.30. The summed E-state index contributed by atoms with van der Waals surface area (Å²) in [5.41, 5.74) is 0.945. The molecule has 0 fully saturated rings. The number of hydrogen-bond acceptors (Lipinski definition) is 3. The van der Waals surface area contributed by atoms with E-state index in [-0.39, 0.29) is 11.7 Å². The van der Waals surface area contributed by atoms with Crippen molar-refractivity contribution in [1.29, 1.82) is 0 Å². The molecule has 1 heterocycles. The maximum Gasteiger partial charge on any atom is 0.416 e. The third kappa shape index (κ3) is 4.88. The molecule has 4 rings (SSSR count). The molecule has 1 aliphatic heterocycles. The molecule has 31 heavy (non-hydrogen) atoms. The zero-order valence-electron chi connectivity index (χ0n) is 16.5. The number of ether oxygens (including phenoxy) is 1. The highest BCUT2D eigenvalue weighted by atomic mass is 19.4. The molecule has 0 spiro atoms. The highest BCUT2D eigenvalue weighted by Crippen LogP contribution is 2.34. The van der Waals surface area contributed by atoms with E-state index in [1.54, 1.807) is 0 Å². The second-order valence-electron chi connectivity index (χ2n) is 7.31. The van der Waals surface area contributed by atoms with Gasteiger partial charge in [0, 0.05) is 23.7 Å².